The molecule has 1 atom stereocenters. The topological polar surface area (TPSA) is 127 Å². The summed E-state index contributed by atoms with van der Waals surface area (Å²) >= 11 is 3.67. The molecule has 4 amide bonds. The third kappa shape index (κ3) is 6.49. The van der Waals surface area contributed by atoms with Crippen LogP contribution in [-0.2, 0) is 4.79 Å². The van der Waals surface area contributed by atoms with Crippen LogP contribution in [0.25, 0.3) is 21.7 Å². The van der Waals surface area contributed by atoms with Crippen LogP contribution in [0.1, 0.15) is 39.3 Å². The van der Waals surface area contributed by atoms with Crippen LogP contribution in [0, 0.1) is 0 Å². The molecule has 3 heterocycles. The molecule has 0 radical (unpaired) electrons. The first-order chi connectivity index (χ1) is 23.7. The number of aromatic nitrogens is 1. The van der Waals surface area contributed by atoms with E-state index in [1.165, 1.54) is 6.92 Å². The molecule has 250 valence electrons. The molecule has 1 fully saturated rings. The number of piperazine rings is 1. The van der Waals surface area contributed by atoms with Crippen molar-refractivity contribution in [1.82, 2.24) is 14.8 Å². The second-order valence-electron chi connectivity index (χ2n) is 12.5. The molecule has 3 N–H and O–H groups in total. The highest BCUT2D eigenvalue weighted by Crippen LogP contribution is 2.46. The van der Waals surface area contributed by atoms with E-state index in [0.717, 1.165) is 40.3 Å². The number of H-pyrrole nitrogens is 1. The van der Waals surface area contributed by atoms with E-state index in [9.17, 15) is 19.2 Å². The molecule has 0 aliphatic carbocycles. The van der Waals surface area contributed by atoms with Crippen LogP contribution in [-0.4, -0.2) is 83.7 Å². The van der Waals surface area contributed by atoms with Gasteiger partial charge in [-0.25, -0.2) is 4.79 Å². The third-order valence-electron chi connectivity index (χ3n) is 9.10. The van der Waals surface area contributed by atoms with Crippen LogP contribution in [0.3, 0.4) is 0 Å². The van der Waals surface area contributed by atoms with E-state index in [2.05, 4.69) is 36.4 Å². The van der Waals surface area contributed by atoms with Crippen molar-refractivity contribution in [3.63, 3.8) is 0 Å². The summed E-state index contributed by atoms with van der Waals surface area (Å²) < 4.78 is 6.04. The largest absolute Gasteiger partial charge is 0.415 e. The van der Waals surface area contributed by atoms with Gasteiger partial charge in [0, 0.05) is 90.2 Å². The number of hydrogen-bond acceptors (Lipinski definition) is 6. The zero-order valence-electron chi connectivity index (χ0n) is 27.1. The van der Waals surface area contributed by atoms with Gasteiger partial charge < -0.3 is 35.1 Å². The Morgan fingerprint density at radius 2 is 1.59 bits per heavy atom. The number of alkyl halides is 1. The summed E-state index contributed by atoms with van der Waals surface area (Å²) in [5.74, 6) is -0.242. The maximum Gasteiger partial charge on any atom is 0.415 e. The molecule has 49 heavy (non-hydrogen) atoms. The SMILES string of the molecule is CC(=O)Nc1ccc(C(=O)Nc2ccc3[nH]c(C(=O)N4C[C@@H](CBr)c5c4cc(OC(=O)N4CCN(C)CC4)c4ccccc54)cc3c2)cc1. The van der Waals surface area contributed by atoms with E-state index < -0.39 is 6.09 Å². The van der Waals surface area contributed by atoms with Gasteiger partial charge in [0.15, 0.2) is 0 Å². The Morgan fingerprint density at radius 3 is 2.31 bits per heavy atom. The number of likely N-dealkylation sites (N-methyl/N-ethyl adjacent to an activating group) is 1. The van der Waals surface area contributed by atoms with E-state index >= 15 is 0 Å². The van der Waals surface area contributed by atoms with Crippen LogP contribution in [0.5, 0.6) is 5.75 Å². The highest BCUT2D eigenvalue weighted by Gasteiger charge is 2.36. The minimum absolute atomic E-state index is 0.0322. The summed E-state index contributed by atoms with van der Waals surface area (Å²) in [5, 5.41) is 8.78. The molecule has 1 saturated heterocycles. The number of anilines is 3. The van der Waals surface area contributed by atoms with Gasteiger partial charge in [0.05, 0.1) is 5.69 Å². The Morgan fingerprint density at radius 1 is 0.878 bits per heavy atom. The van der Waals surface area contributed by atoms with Crippen molar-refractivity contribution in [2.75, 3.05) is 60.6 Å². The first kappa shape index (κ1) is 32.4. The van der Waals surface area contributed by atoms with Crippen LogP contribution in [0.15, 0.2) is 78.9 Å². The minimum Gasteiger partial charge on any atom is -0.409 e. The summed E-state index contributed by atoms with van der Waals surface area (Å²) in [7, 11) is 2.03. The molecule has 0 unspecified atom stereocenters. The Kier molecular flexibility index (Phi) is 8.82. The lowest BCUT2D eigenvalue weighted by molar-refractivity contribution is -0.114. The number of amides is 4. The first-order valence-electron chi connectivity index (χ1n) is 16.1. The normalized spacial score (nSPS) is 16.1. The van der Waals surface area contributed by atoms with Crippen molar-refractivity contribution in [2.45, 2.75) is 12.8 Å². The predicted octanol–water partition coefficient (Wildman–Crippen LogP) is 6.42. The standard InChI is InChI=1S/C37H35BrN6O5/c1-22(45)39-26-9-7-23(8-10-26)35(46)40-27-11-12-30-24(17-27)18-31(41-30)36(47)44-21-25(20-38)34-29-6-4-3-5-28(29)33(19-32(34)44)49-37(48)43-15-13-42(2)14-16-43/h3-12,17-19,25,41H,13-16,20-21H2,1-2H3,(H,39,45)(H,40,46)/t25-/m1/s1. The molecule has 1 aromatic heterocycles. The van der Waals surface area contributed by atoms with E-state index in [4.69, 9.17) is 4.74 Å². The molecule has 4 aromatic carbocycles. The number of ether oxygens (including phenoxy) is 1. The van der Waals surface area contributed by atoms with Crippen molar-refractivity contribution in [1.29, 1.82) is 0 Å². The molecule has 0 spiro atoms. The van der Waals surface area contributed by atoms with Gasteiger partial charge in [-0.05, 0) is 66.5 Å². The van der Waals surface area contributed by atoms with Gasteiger partial charge in [0.1, 0.15) is 11.4 Å². The second kappa shape index (κ2) is 13.4. The minimum atomic E-state index is -0.397. The maximum atomic E-state index is 14.2. The van der Waals surface area contributed by atoms with E-state index in [1.54, 1.807) is 46.2 Å². The fourth-order valence-electron chi connectivity index (χ4n) is 6.55. The van der Waals surface area contributed by atoms with Crippen molar-refractivity contribution in [3.05, 3.63) is 95.7 Å². The highest BCUT2D eigenvalue weighted by molar-refractivity contribution is 9.09. The Balaban J connectivity index is 1.15. The maximum absolute atomic E-state index is 14.2. The first-order valence-corrected chi connectivity index (χ1v) is 17.2. The van der Waals surface area contributed by atoms with Crippen molar-refractivity contribution < 1.29 is 23.9 Å². The van der Waals surface area contributed by atoms with Crippen molar-refractivity contribution in [3.8, 4) is 5.75 Å². The average molecular weight is 724 g/mol. The quantitative estimate of drug-likeness (QED) is 0.174. The Bertz CT molecular complexity index is 2100. The monoisotopic (exact) mass is 722 g/mol. The summed E-state index contributed by atoms with van der Waals surface area (Å²) in [6.45, 7) is 4.62. The fraction of sp³-hybridized carbons (Fsp3) is 0.243. The van der Waals surface area contributed by atoms with E-state index in [-0.39, 0.29) is 23.6 Å². The highest BCUT2D eigenvalue weighted by atomic mass is 79.9. The average Bonchev–Trinajstić information content (AvgIpc) is 3.70. The number of carbonyl (C=O) groups excluding carboxylic acids is 4. The van der Waals surface area contributed by atoms with Gasteiger partial charge in [0.2, 0.25) is 5.91 Å². The number of benzene rings is 4. The van der Waals surface area contributed by atoms with E-state index in [0.29, 0.717) is 59.0 Å². The Labute approximate surface area is 291 Å². The van der Waals surface area contributed by atoms with E-state index in [1.807, 2.05) is 49.5 Å². The van der Waals surface area contributed by atoms with Crippen molar-refractivity contribution >= 4 is 78.5 Å². The van der Waals surface area contributed by atoms with Crippen molar-refractivity contribution in [2.24, 2.45) is 0 Å². The molecule has 5 aromatic rings. The van der Waals surface area contributed by atoms with Crippen LogP contribution in [0.2, 0.25) is 0 Å². The number of nitrogens with one attached hydrogen (secondary N) is 3. The lowest BCUT2D eigenvalue weighted by Crippen LogP contribution is -2.48. The zero-order chi connectivity index (χ0) is 34.2. The number of hydrogen-bond donors (Lipinski definition) is 3. The van der Waals surface area contributed by atoms with Gasteiger partial charge in [-0.1, -0.05) is 40.2 Å². The molecule has 7 rings (SSSR count). The molecule has 2 aliphatic heterocycles. The van der Waals surface area contributed by atoms with Crippen LogP contribution < -0.4 is 20.3 Å². The molecular weight excluding hydrogens is 688 g/mol. The molecular formula is C37H35BrN6O5. The van der Waals surface area contributed by atoms with Gasteiger partial charge in [-0.3, -0.25) is 14.4 Å². The number of aromatic amines is 1. The molecule has 0 bridgehead atoms. The number of rotatable bonds is 6. The predicted molar refractivity (Wildman–Crippen MR) is 194 cm³/mol. The fourth-order valence-corrected chi connectivity index (χ4v) is 7.07. The molecule has 0 saturated carbocycles. The molecule has 11 nitrogen and oxygen atoms in total. The van der Waals surface area contributed by atoms with Gasteiger partial charge in [0.25, 0.3) is 11.8 Å². The zero-order valence-corrected chi connectivity index (χ0v) is 28.7. The number of carbonyl (C=O) groups is 4. The number of halogens is 1. The van der Waals surface area contributed by atoms with Gasteiger partial charge >= 0.3 is 6.09 Å². The van der Waals surface area contributed by atoms with Gasteiger partial charge in [-0.2, -0.15) is 0 Å². The third-order valence-corrected chi connectivity index (χ3v) is 9.88. The lowest BCUT2D eigenvalue weighted by Gasteiger charge is -2.31. The summed E-state index contributed by atoms with van der Waals surface area (Å²) in [6.07, 6.45) is -0.397. The summed E-state index contributed by atoms with van der Waals surface area (Å²) in [6, 6.07) is 23.5. The number of nitrogens with zero attached hydrogens (tertiary/aromatic N) is 3. The molecule has 2 aliphatic rings. The Hall–Kier alpha value is -5.20. The van der Waals surface area contributed by atoms with Crippen LogP contribution in [0.4, 0.5) is 21.9 Å². The summed E-state index contributed by atoms with van der Waals surface area (Å²) in [5.41, 5.74) is 4.51. The van der Waals surface area contributed by atoms with Gasteiger partial charge in [-0.15, -0.1) is 0 Å². The number of fused-ring (bicyclic) bond motifs is 4. The smallest absolute Gasteiger partial charge is 0.409 e. The van der Waals surface area contributed by atoms with Crippen LogP contribution >= 0.6 is 15.9 Å². The second-order valence-corrected chi connectivity index (χ2v) is 13.1. The molecule has 12 heteroatoms. The lowest BCUT2D eigenvalue weighted by atomic mass is 9.95. The summed E-state index contributed by atoms with van der Waals surface area (Å²) in [4.78, 5) is 60.6.